The van der Waals surface area contributed by atoms with Crippen LogP contribution in [0, 0.1) is 0 Å². The van der Waals surface area contributed by atoms with Gasteiger partial charge in [-0.1, -0.05) is 0 Å². The molecule has 0 saturated carbocycles. The van der Waals surface area contributed by atoms with Crippen LogP contribution in [0.4, 0.5) is 0 Å². The predicted molar refractivity (Wildman–Crippen MR) is 59.3 cm³/mol. The summed E-state index contributed by atoms with van der Waals surface area (Å²) in [6.07, 6.45) is 2.79. The third-order valence-corrected chi connectivity index (χ3v) is 2.34. The smallest absolute Gasteiger partial charge is 0.352 e. The molecule has 0 aromatic carbocycles. The molecule has 0 saturated heterocycles. The van der Waals surface area contributed by atoms with Crippen molar-refractivity contribution in [3.05, 3.63) is 24.0 Å². The Kier molecular flexibility index (Phi) is 4.10. The second-order valence-electron chi connectivity index (χ2n) is 3.78. The molecule has 0 aliphatic carbocycles. The van der Waals surface area contributed by atoms with Crippen molar-refractivity contribution in [2.24, 2.45) is 0 Å². The zero-order valence-corrected chi connectivity index (χ0v) is 9.51. The molecular weight excluding hydrogens is 208 g/mol. The summed E-state index contributed by atoms with van der Waals surface area (Å²) in [5.41, 5.74) is 0.261. The summed E-state index contributed by atoms with van der Waals surface area (Å²) in [4.78, 5) is 23.6. The summed E-state index contributed by atoms with van der Waals surface area (Å²) in [5.74, 6) is -0.882. The van der Waals surface area contributed by atoms with Crippen LogP contribution in [0.2, 0.25) is 0 Å². The Morgan fingerprint density at radius 3 is 2.69 bits per heavy atom. The number of rotatable bonds is 5. The average molecular weight is 224 g/mol. The Morgan fingerprint density at radius 1 is 1.44 bits per heavy atom. The third-order valence-electron chi connectivity index (χ3n) is 2.34. The van der Waals surface area contributed by atoms with Gasteiger partial charge in [-0.3, -0.25) is 4.79 Å². The third kappa shape index (κ3) is 3.12. The number of nitrogens with zero attached hydrogens (tertiary/aromatic N) is 2. The minimum absolute atomic E-state index is 0.0593. The van der Waals surface area contributed by atoms with Crippen LogP contribution < -0.4 is 0 Å². The van der Waals surface area contributed by atoms with Crippen molar-refractivity contribution in [1.82, 2.24) is 9.47 Å². The highest BCUT2D eigenvalue weighted by Gasteiger charge is 2.09. The number of carbonyl (C=O) groups is 2. The number of hydrogen-bond acceptors (Lipinski definition) is 2. The SMILES string of the molecule is CN(C)C(=O)CCCn1cccc1C(=O)O. The van der Waals surface area contributed by atoms with E-state index in [1.165, 1.54) is 4.90 Å². The van der Waals surface area contributed by atoms with E-state index in [9.17, 15) is 9.59 Å². The predicted octanol–water partition coefficient (Wildman–Crippen LogP) is 1.05. The fraction of sp³-hybridized carbons (Fsp3) is 0.455. The lowest BCUT2D eigenvalue weighted by Gasteiger charge is -2.10. The number of amides is 1. The number of aryl methyl sites for hydroxylation is 1. The fourth-order valence-electron chi connectivity index (χ4n) is 1.43. The van der Waals surface area contributed by atoms with E-state index in [1.54, 1.807) is 37.0 Å². The molecule has 1 rings (SSSR count). The topological polar surface area (TPSA) is 62.5 Å². The molecule has 1 N–H and O–H groups in total. The minimum Gasteiger partial charge on any atom is -0.477 e. The molecule has 5 nitrogen and oxygen atoms in total. The maximum Gasteiger partial charge on any atom is 0.352 e. The highest BCUT2D eigenvalue weighted by Crippen LogP contribution is 2.05. The van der Waals surface area contributed by atoms with E-state index in [0.717, 1.165) is 0 Å². The van der Waals surface area contributed by atoms with Gasteiger partial charge in [0, 0.05) is 33.3 Å². The number of aromatic nitrogens is 1. The number of carboxylic acids is 1. The summed E-state index contributed by atoms with van der Waals surface area (Å²) in [6, 6.07) is 3.24. The van der Waals surface area contributed by atoms with E-state index in [4.69, 9.17) is 5.11 Å². The van der Waals surface area contributed by atoms with Gasteiger partial charge in [-0.25, -0.2) is 4.79 Å². The zero-order chi connectivity index (χ0) is 12.1. The van der Waals surface area contributed by atoms with E-state index >= 15 is 0 Å². The molecule has 0 unspecified atom stereocenters. The molecule has 16 heavy (non-hydrogen) atoms. The lowest BCUT2D eigenvalue weighted by atomic mass is 10.3. The first-order valence-electron chi connectivity index (χ1n) is 5.11. The van der Waals surface area contributed by atoms with E-state index in [-0.39, 0.29) is 11.6 Å². The fourth-order valence-corrected chi connectivity index (χ4v) is 1.43. The maximum atomic E-state index is 11.3. The van der Waals surface area contributed by atoms with Crippen LogP contribution in [-0.4, -0.2) is 40.5 Å². The molecule has 1 heterocycles. The molecule has 0 fully saturated rings. The number of carboxylic acid groups (broad SMARTS) is 1. The van der Waals surface area contributed by atoms with Gasteiger partial charge < -0.3 is 14.6 Å². The molecule has 5 heteroatoms. The van der Waals surface area contributed by atoms with Crippen molar-refractivity contribution in [2.75, 3.05) is 14.1 Å². The van der Waals surface area contributed by atoms with Crippen molar-refractivity contribution < 1.29 is 14.7 Å². The largest absolute Gasteiger partial charge is 0.477 e. The van der Waals surface area contributed by atoms with Crippen molar-refractivity contribution in [3.63, 3.8) is 0 Å². The van der Waals surface area contributed by atoms with Crippen molar-refractivity contribution >= 4 is 11.9 Å². The summed E-state index contributed by atoms with van der Waals surface area (Å²) in [6.45, 7) is 0.550. The number of hydrogen-bond donors (Lipinski definition) is 1. The van der Waals surface area contributed by atoms with E-state index in [2.05, 4.69) is 0 Å². The molecule has 88 valence electrons. The summed E-state index contributed by atoms with van der Waals surface area (Å²) in [5, 5.41) is 8.86. The Hall–Kier alpha value is -1.78. The maximum absolute atomic E-state index is 11.3. The van der Waals surface area contributed by atoms with Crippen molar-refractivity contribution in [1.29, 1.82) is 0 Å². The average Bonchev–Trinajstić information content (AvgIpc) is 2.65. The van der Waals surface area contributed by atoms with Gasteiger partial charge in [0.25, 0.3) is 0 Å². The molecular formula is C11H16N2O3. The highest BCUT2D eigenvalue weighted by atomic mass is 16.4. The van der Waals surface area contributed by atoms with Crippen molar-refractivity contribution in [2.45, 2.75) is 19.4 Å². The van der Waals surface area contributed by atoms with Crippen LogP contribution >= 0.6 is 0 Å². The normalized spacial score (nSPS) is 10.1. The second-order valence-corrected chi connectivity index (χ2v) is 3.78. The number of aromatic carboxylic acids is 1. The minimum atomic E-state index is -0.941. The van der Waals surface area contributed by atoms with Crippen LogP contribution in [0.25, 0.3) is 0 Å². The van der Waals surface area contributed by atoms with Crippen LogP contribution in [0.1, 0.15) is 23.3 Å². The van der Waals surface area contributed by atoms with Gasteiger partial charge in [0.1, 0.15) is 5.69 Å². The highest BCUT2D eigenvalue weighted by molar-refractivity contribution is 5.85. The molecule has 0 aliphatic heterocycles. The van der Waals surface area contributed by atoms with Gasteiger partial charge in [0.15, 0.2) is 0 Å². The quantitative estimate of drug-likeness (QED) is 0.813. The van der Waals surface area contributed by atoms with Crippen LogP contribution in [0.5, 0.6) is 0 Å². The molecule has 1 amide bonds. The molecule has 0 bridgehead atoms. The Bertz CT molecular complexity index is 382. The molecule has 1 aromatic heterocycles. The van der Waals surface area contributed by atoms with Crippen molar-refractivity contribution in [3.8, 4) is 0 Å². The molecule has 0 atom stereocenters. The van der Waals surface area contributed by atoms with Gasteiger partial charge in [-0.05, 0) is 18.6 Å². The first kappa shape index (κ1) is 12.3. The lowest BCUT2D eigenvalue weighted by molar-refractivity contribution is -0.128. The standard InChI is InChI=1S/C11H16N2O3/c1-12(2)10(14)6-4-8-13-7-3-5-9(13)11(15)16/h3,5,7H,4,6,8H2,1-2H3,(H,15,16). The lowest BCUT2D eigenvalue weighted by Crippen LogP contribution is -2.21. The monoisotopic (exact) mass is 224 g/mol. The van der Waals surface area contributed by atoms with E-state index in [0.29, 0.717) is 19.4 Å². The zero-order valence-electron chi connectivity index (χ0n) is 9.51. The van der Waals surface area contributed by atoms with Gasteiger partial charge >= 0.3 is 5.97 Å². The van der Waals surface area contributed by atoms with Crippen LogP contribution in [0.3, 0.4) is 0 Å². The first-order valence-corrected chi connectivity index (χ1v) is 5.11. The first-order chi connectivity index (χ1) is 7.52. The van der Waals surface area contributed by atoms with E-state index < -0.39 is 5.97 Å². The molecule has 0 radical (unpaired) electrons. The van der Waals surface area contributed by atoms with Gasteiger partial charge in [0.2, 0.25) is 5.91 Å². The van der Waals surface area contributed by atoms with Gasteiger partial charge in [0.05, 0.1) is 0 Å². The molecule has 1 aromatic rings. The summed E-state index contributed by atoms with van der Waals surface area (Å²) in [7, 11) is 3.42. The van der Waals surface area contributed by atoms with Gasteiger partial charge in [-0.15, -0.1) is 0 Å². The molecule has 0 spiro atoms. The summed E-state index contributed by atoms with van der Waals surface area (Å²) >= 11 is 0. The van der Waals surface area contributed by atoms with Crippen LogP contribution in [0.15, 0.2) is 18.3 Å². The van der Waals surface area contributed by atoms with Crippen LogP contribution in [-0.2, 0) is 11.3 Å². The molecule has 0 aliphatic rings. The second kappa shape index (κ2) is 5.34. The Morgan fingerprint density at radius 2 is 2.12 bits per heavy atom. The Balaban J connectivity index is 2.46. The van der Waals surface area contributed by atoms with E-state index in [1.807, 2.05) is 0 Å². The number of carbonyl (C=O) groups excluding carboxylic acids is 1. The Labute approximate surface area is 94.3 Å². The van der Waals surface area contributed by atoms with Gasteiger partial charge in [-0.2, -0.15) is 0 Å². The summed E-state index contributed by atoms with van der Waals surface area (Å²) < 4.78 is 1.64.